The summed E-state index contributed by atoms with van der Waals surface area (Å²) < 4.78 is 0. The van der Waals surface area contributed by atoms with Crippen molar-refractivity contribution in [2.75, 3.05) is 0 Å². The van der Waals surface area contributed by atoms with Gasteiger partial charge in [-0.15, -0.1) is 0 Å². The predicted molar refractivity (Wildman–Crippen MR) is 52.9 cm³/mol. The Hall–Kier alpha value is -0.780. The monoisotopic (exact) mass is 160 g/mol. The molecular weight excluding hydrogens is 144 g/mol. The fourth-order valence-corrected chi connectivity index (χ4v) is 2.26. The van der Waals surface area contributed by atoms with Gasteiger partial charge in [0.2, 0.25) is 0 Å². The quantitative estimate of drug-likeness (QED) is 0.476. The lowest BCUT2D eigenvalue weighted by molar-refractivity contribution is 0.456. The average molecular weight is 160 g/mol. The van der Waals surface area contributed by atoms with Crippen molar-refractivity contribution in [3.05, 3.63) is 35.5 Å². The van der Waals surface area contributed by atoms with Gasteiger partial charge in [0.15, 0.2) is 0 Å². The molecule has 2 unspecified atom stereocenters. The highest BCUT2D eigenvalue weighted by atomic mass is 14.3. The molecule has 0 aromatic carbocycles. The molecule has 0 aromatic rings. The van der Waals surface area contributed by atoms with Gasteiger partial charge in [-0.1, -0.05) is 35.5 Å². The first kappa shape index (κ1) is 7.85. The molecule has 0 aliphatic heterocycles. The second kappa shape index (κ2) is 2.93. The van der Waals surface area contributed by atoms with Crippen molar-refractivity contribution in [2.45, 2.75) is 26.7 Å². The van der Waals surface area contributed by atoms with Gasteiger partial charge in [0.05, 0.1) is 0 Å². The van der Waals surface area contributed by atoms with E-state index >= 15 is 0 Å². The Bertz CT molecular complexity index is 266. The van der Waals surface area contributed by atoms with Crippen LogP contribution in [0.5, 0.6) is 0 Å². The minimum absolute atomic E-state index is 0.712. The Morgan fingerprint density at radius 3 is 2.75 bits per heavy atom. The van der Waals surface area contributed by atoms with Gasteiger partial charge in [-0.2, -0.15) is 0 Å². The van der Waals surface area contributed by atoms with E-state index in [1.54, 1.807) is 11.1 Å². The molecule has 0 nitrogen and oxygen atoms in total. The number of fused-ring (bicyclic) bond motifs is 1. The van der Waals surface area contributed by atoms with Crippen LogP contribution in [0.1, 0.15) is 26.7 Å². The molecule has 64 valence electrons. The lowest BCUT2D eigenvalue weighted by Crippen LogP contribution is -2.19. The summed E-state index contributed by atoms with van der Waals surface area (Å²) in [7, 11) is 0. The number of rotatable bonds is 0. The maximum Gasteiger partial charge on any atom is 0.00427 e. The first-order valence-corrected chi connectivity index (χ1v) is 4.80. The molecule has 0 heteroatoms. The van der Waals surface area contributed by atoms with Crippen LogP contribution in [0.2, 0.25) is 0 Å². The zero-order chi connectivity index (χ0) is 8.55. The summed E-state index contributed by atoms with van der Waals surface area (Å²) in [5.74, 6) is 1.50. The number of allylic oxidation sites excluding steroid dienone is 6. The molecule has 2 aliphatic carbocycles. The summed E-state index contributed by atoms with van der Waals surface area (Å²) in [4.78, 5) is 0. The minimum Gasteiger partial charge on any atom is -0.0805 e. The summed E-state index contributed by atoms with van der Waals surface area (Å²) in [6.07, 6.45) is 11.7. The Morgan fingerprint density at radius 2 is 1.92 bits per heavy atom. The second-order valence-electron chi connectivity index (χ2n) is 3.96. The zero-order valence-electron chi connectivity index (χ0n) is 7.88. The van der Waals surface area contributed by atoms with Gasteiger partial charge in [-0.25, -0.2) is 0 Å². The molecule has 2 rings (SSSR count). The maximum absolute atomic E-state index is 2.36. The van der Waals surface area contributed by atoms with Crippen molar-refractivity contribution < 1.29 is 0 Å². The van der Waals surface area contributed by atoms with E-state index in [0.717, 1.165) is 5.92 Å². The van der Waals surface area contributed by atoms with Gasteiger partial charge in [0, 0.05) is 5.92 Å². The third-order valence-corrected chi connectivity index (χ3v) is 3.27. The lowest BCUT2D eigenvalue weighted by atomic mass is 9.74. The summed E-state index contributed by atoms with van der Waals surface area (Å²) >= 11 is 0. The molecule has 0 N–H and O–H groups in total. The van der Waals surface area contributed by atoms with E-state index in [2.05, 4.69) is 38.2 Å². The van der Waals surface area contributed by atoms with Crippen LogP contribution in [0.15, 0.2) is 35.5 Å². The summed E-state index contributed by atoms with van der Waals surface area (Å²) in [6, 6.07) is 0. The largest absolute Gasteiger partial charge is 0.0805 e. The first-order valence-electron chi connectivity index (χ1n) is 4.80. The van der Waals surface area contributed by atoms with Gasteiger partial charge in [-0.3, -0.25) is 0 Å². The van der Waals surface area contributed by atoms with Crippen LogP contribution in [-0.2, 0) is 0 Å². The molecule has 0 aromatic heterocycles. The van der Waals surface area contributed by atoms with Crippen molar-refractivity contribution in [3.63, 3.8) is 0 Å². The summed E-state index contributed by atoms with van der Waals surface area (Å²) in [6.45, 7) is 4.56. The van der Waals surface area contributed by atoms with Crippen molar-refractivity contribution in [1.29, 1.82) is 0 Å². The van der Waals surface area contributed by atoms with Crippen LogP contribution < -0.4 is 0 Å². The summed E-state index contributed by atoms with van der Waals surface area (Å²) in [5, 5.41) is 0. The lowest BCUT2D eigenvalue weighted by Gasteiger charge is -2.31. The van der Waals surface area contributed by atoms with E-state index < -0.39 is 0 Å². The maximum atomic E-state index is 2.36. The molecule has 0 heterocycles. The predicted octanol–water partition coefficient (Wildman–Crippen LogP) is 3.48. The number of hydrogen-bond acceptors (Lipinski definition) is 0. The molecule has 0 amide bonds. The van der Waals surface area contributed by atoms with E-state index in [0.29, 0.717) is 5.92 Å². The Kier molecular flexibility index (Phi) is 1.92. The van der Waals surface area contributed by atoms with Crippen LogP contribution in [0.25, 0.3) is 0 Å². The van der Waals surface area contributed by atoms with Crippen molar-refractivity contribution in [2.24, 2.45) is 11.8 Å². The second-order valence-corrected chi connectivity index (χ2v) is 3.96. The molecule has 12 heavy (non-hydrogen) atoms. The average Bonchev–Trinajstić information content (AvgIpc) is 2.12. The minimum atomic E-state index is 0.712. The van der Waals surface area contributed by atoms with Crippen LogP contribution in [0.3, 0.4) is 0 Å². The first-order chi connectivity index (χ1) is 5.79. The fraction of sp³-hybridized carbons (Fsp3) is 0.500. The van der Waals surface area contributed by atoms with Gasteiger partial charge >= 0.3 is 0 Å². The highest BCUT2D eigenvalue weighted by molar-refractivity contribution is 5.28. The number of hydrogen-bond donors (Lipinski definition) is 0. The third kappa shape index (κ3) is 1.16. The Balaban J connectivity index is 2.32. The highest BCUT2D eigenvalue weighted by Gasteiger charge is 2.24. The van der Waals surface area contributed by atoms with Crippen LogP contribution in [-0.4, -0.2) is 0 Å². The van der Waals surface area contributed by atoms with Gasteiger partial charge in [-0.05, 0) is 32.6 Å². The zero-order valence-corrected chi connectivity index (χ0v) is 7.88. The standard InChI is InChI=1S/C12H16/c1-9-7-8-11-5-3-4-6-12(11)10(9)2/h3-6,11-12H,7-8H2,1-2H3. The van der Waals surface area contributed by atoms with E-state index in [9.17, 15) is 0 Å². The van der Waals surface area contributed by atoms with Crippen molar-refractivity contribution in [3.8, 4) is 0 Å². The summed E-state index contributed by atoms with van der Waals surface area (Å²) in [5.41, 5.74) is 3.21. The molecule has 0 radical (unpaired) electrons. The van der Waals surface area contributed by atoms with Gasteiger partial charge in [0.25, 0.3) is 0 Å². The fourth-order valence-electron chi connectivity index (χ4n) is 2.26. The van der Waals surface area contributed by atoms with E-state index in [4.69, 9.17) is 0 Å². The topological polar surface area (TPSA) is 0 Å². The Morgan fingerprint density at radius 1 is 1.17 bits per heavy atom. The SMILES string of the molecule is CC1=C(C)C2C=CC=CC2CC1. The smallest absolute Gasteiger partial charge is 0.00427 e. The van der Waals surface area contributed by atoms with Crippen molar-refractivity contribution in [1.82, 2.24) is 0 Å². The van der Waals surface area contributed by atoms with Gasteiger partial charge < -0.3 is 0 Å². The van der Waals surface area contributed by atoms with Crippen LogP contribution in [0, 0.1) is 11.8 Å². The van der Waals surface area contributed by atoms with Crippen LogP contribution in [0.4, 0.5) is 0 Å². The van der Waals surface area contributed by atoms with E-state index in [1.165, 1.54) is 12.8 Å². The molecule has 0 spiro atoms. The Labute approximate surface area is 74.7 Å². The van der Waals surface area contributed by atoms with Crippen LogP contribution >= 0.6 is 0 Å². The molecular formula is C12H16. The molecule has 0 bridgehead atoms. The molecule has 2 atom stereocenters. The normalized spacial score (nSPS) is 33.8. The van der Waals surface area contributed by atoms with E-state index in [-0.39, 0.29) is 0 Å². The van der Waals surface area contributed by atoms with Crippen molar-refractivity contribution >= 4 is 0 Å². The van der Waals surface area contributed by atoms with E-state index in [1.807, 2.05) is 0 Å². The molecule has 2 aliphatic rings. The molecule has 0 saturated heterocycles. The highest BCUT2D eigenvalue weighted by Crippen LogP contribution is 2.37. The molecule has 0 fully saturated rings. The van der Waals surface area contributed by atoms with Gasteiger partial charge in [0.1, 0.15) is 0 Å². The molecule has 0 saturated carbocycles. The third-order valence-electron chi connectivity index (χ3n) is 3.27.